The van der Waals surface area contributed by atoms with Gasteiger partial charge in [0.25, 0.3) is 0 Å². The predicted molar refractivity (Wildman–Crippen MR) is 61.0 cm³/mol. The van der Waals surface area contributed by atoms with Crippen molar-refractivity contribution in [3.8, 4) is 6.07 Å². The predicted octanol–water partition coefficient (Wildman–Crippen LogP) is 1.56. The van der Waals surface area contributed by atoms with Gasteiger partial charge in [0.1, 0.15) is 6.04 Å². The number of rotatable bonds is 3. The molecule has 0 aliphatic carbocycles. The molecule has 0 aliphatic rings. The largest absolute Gasteiger partial charge is 0.467 e. The van der Waals surface area contributed by atoms with Crippen LogP contribution >= 0.6 is 0 Å². The highest BCUT2D eigenvalue weighted by Crippen LogP contribution is 2.16. The lowest BCUT2D eigenvalue weighted by Crippen LogP contribution is -2.36. The number of nitriles is 1. The highest BCUT2D eigenvalue weighted by Gasteiger charge is 2.18. The number of esters is 1. The normalized spacial score (nSPS) is 11.4. The number of ether oxygens (including phenoxy) is 1. The maximum absolute atomic E-state index is 11.3. The molecule has 0 saturated heterocycles. The Bertz CT molecular complexity index is 406. The third-order valence-electron chi connectivity index (χ3n) is 2.53. The minimum Gasteiger partial charge on any atom is -0.467 e. The minimum atomic E-state index is -0.349. The van der Waals surface area contributed by atoms with Crippen LogP contribution in [-0.4, -0.2) is 26.2 Å². The summed E-state index contributed by atoms with van der Waals surface area (Å²) in [7, 11) is 3.18. The fourth-order valence-electron chi connectivity index (χ4n) is 1.32. The quantitative estimate of drug-likeness (QED) is 0.722. The van der Waals surface area contributed by atoms with E-state index in [0.29, 0.717) is 5.56 Å². The van der Waals surface area contributed by atoms with Gasteiger partial charge in [-0.1, -0.05) is 0 Å². The first-order valence-corrected chi connectivity index (χ1v) is 4.91. The number of methoxy groups -OCH3 is 1. The minimum absolute atomic E-state index is 0.285. The number of hydrogen-bond acceptors (Lipinski definition) is 4. The Morgan fingerprint density at radius 1 is 1.44 bits per heavy atom. The summed E-state index contributed by atoms with van der Waals surface area (Å²) in [5, 5.41) is 8.66. The molecule has 0 fully saturated rings. The van der Waals surface area contributed by atoms with Crippen molar-refractivity contribution >= 4 is 11.7 Å². The van der Waals surface area contributed by atoms with Crippen molar-refractivity contribution in [1.29, 1.82) is 5.26 Å². The van der Waals surface area contributed by atoms with Crippen molar-refractivity contribution < 1.29 is 9.53 Å². The van der Waals surface area contributed by atoms with Gasteiger partial charge < -0.3 is 9.64 Å². The van der Waals surface area contributed by atoms with Crippen LogP contribution in [0.2, 0.25) is 0 Å². The van der Waals surface area contributed by atoms with Crippen LogP contribution in [0.1, 0.15) is 12.5 Å². The van der Waals surface area contributed by atoms with Crippen LogP contribution in [0.4, 0.5) is 5.69 Å². The van der Waals surface area contributed by atoms with Crippen LogP contribution in [0.5, 0.6) is 0 Å². The van der Waals surface area contributed by atoms with Gasteiger partial charge in [-0.3, -0.25) is 0 Å². The first-order chi connectivity index (χ1) is 7.60. The van der Waals surface area contributed by atoms with Crippen molar-refractivity contribution in [2.24, 2.45) is 0 Å². The molecule has 1 aromatic carbocycles. The summed E-state index contributed by atoms with van der Waals surface area (Å²) in [6.45, 7) is 1.77. The molecule has 16 heavy (non-hydrogen) atoms. The molecule has 0 spiro atoms. The van der Waals surface area contributed by atoms with Gasteiger partial charge in [0.2, 0.25) is 0 Å². The molecule has 4 heteroatoms. The zero-order chi connectivity index (χ0) is 12.1. The molecule has 0 aromatic heterocycles. The Hall–Kier alpha value is -2.02. The van der Waals surface area contributed by atoms with E-state index in [1.54, 1.807) is 36.1 Å². The van der Waals surface area contributed by atoms with Crippen molar-refractivity contribution in [3.05, 3.63) is 29.8 Å². The van der Waals surface area contributed by atoms with Gasteiger partial charge >= 0.3 is 5.97 Å². The molecule has 0 heterocycles. The third-order valence-corrected chi connectivity index (χ3v) is 2.53. The van der Waals surface area contributed by atoms with Crippen molar-refractivity contribution in [3.63, 3.8) is 0 Å². The van der Waals surface area contributed by atoms with Crippen molar-refractivity contribution in [1.82, 2.24) is 0 Å². The lowest BCUT2D eigenvalue weighted by molar-refractivity contribution is -0.141. The van der Waals surface area contributed by atoms with Crippen LogP contribution in [0.15, 0.2) is 24.3 Å². The van der Waals surface area contributed by atoms with E-state index in [9.17, 15) is 4.79 Å². The molecule has 0 saturated carbocycles. The monoisotopic (exact) mass is 218 g/mol. The summed E-state index contributed by atoms with van der Waals surface area (Å²) in [4.78, 5) is 13.1. The van der Waals surface area contributed by atoms with Crippen LogP contribution < -0.4 is 4.90 Å². The second kappa shape index (κ2) is 5.17. The lowest BCUT2D eigenvalue weighted by Gasteiger charge is -2.24. The maximum Gasteiger partial charge on any atom is 0.328 e. The molecule has 0 aliphatic heterocycles. The van der Waals surface area contributed by atoms with Crippen LogP contribution in [-0.2, 0) is 9.53 Å². The van der Waals surface area contributed by atoms with Gasteiger partial charge in [0.05, 0.1) is 18.7 Å². The van der Waals surface area contributed by atoms with Crippen molar-refractivity contribution in [2.75, 3.05) is 19.1 Å². The van der Waals surface area contributed by atoms with Crippen LogP contribution in [0, 0.1) is 11.3 Å². The number of benzene rings is 1. The van der Waals surface area contributed by atoms with Crippen molar-refractivity contribution in [2.45, 2.75) is 13.0 Å². The molecule has 1 unspecified atom stereocenters. The first-order valence-electron chi connectivity index (χ1n) is 4.91. The molecule has 0 amide bonds. The molecular formula is C12H14N2O2. The fraction of sp³-hybridized carbons (Fsp3) is 0.333. The smallest absolute Gasteiger partial charge is 0.328 e. The van der Waals surface area contributed by atoms with Crippen LogP contribution in [0.25, 0.3) is 0 Å². The zero-order valence-corrected chi connectivity index (χ0v) is 9.60. The van der Waals surface area contributed by atoms with E-state index >= 15 is 0 Å². The van der Waals surface area contributed by atoms with Gasteiger partial charge in [-0.05, 0) is 31.2 Å². The molecule has 0 bridgehead atoms. The Kier molecular flexibility index (Phi) is 3.90. The van der Waals surface area contributed by atoms with E-state index in [1.807, 2.05) is 13.1 Å². The molecule has 1 aromatic rings. The SMILES string of the molecule is COC(=O)C(C)N(C)c1ccc(C#N)cc1. The van der Waals surface area contributed by atoms with Gasteiger partial charge in [-0.15, -0.1) is 0 Å². The highest BCUT2D eigenvalue weighted by atomic mass is 16.5. The second-order valence-corrected chi connectivity index (χ2v) is 3.47. The number of carbonyl (C=O) groups is 1. The van der Waals surface area contributed by atoms with Gasteiger partial charge in [-0.25, -0.2) is 4.79 Å². The highest BCUT2D eigenvalue weighted by molar-refractivity contribution is 5.79. The van der Waals surface area contributed by atoms with E-state index in [-0.39, 0.29) is 12.0 Å². The summed E-state index contributed by atoms with van der Waals surface area (Å²) in [5.41, 5.74) is 1.47. The fourth-order valence-corrected chi connectivity index (χ4v) is 1.32. The molecule has 1 atom stereocenters. The molecular weight excluding hydrogens is 204 g/mol. The summed E-state index contributed by atoms with van der Waals surface area (Å²) in [5.74, 6) is -0.285. The average Bonchev–Trinajstić information content (AvgIpc) is 2.36. The summed E-state index contributed by atoms with van der Waals surface area (Å²) in [6, 6.07) is 8.74. The lowest BCUT2D eigenvalue weighted by atomic mass is 10.2. The first kappa shape index (κ1) is 12.1. The molecule has 84 valence electrons. The van der Waals surface area contributed by atoms with E-state index in [4.69, 9.17) is 5.26 Å². The van der Waals surface area contributed by atoms with Crippen LogP contribution in [0.3, 0.4) is 0 Å². The molecule has 0 N–H and O–H groups in total. The number of anilines is 1. The van der Waals surface area contributed by atoms with E-state index in [0.717, 1.165) is 5.69 Å². The Labute approximate surface area is 95.0 Å². The Morgan fingerprint density at radius 2 is 2.00 bits per heavy atom. The van der Waals surface area contributed by atoms with E-state index in [2.05, 4.69) is 4.74 Å². The molecule has 1 rings (SSSR count). The number of hydrogen-bond donors (Lipinski definition) is 0. The Morgan fingerprint density at radius 3 is 2.44 bits per heavy atom. The standard InChI is InChI=1S/C12H14N2O2/c1-9(12(15)16-3)14(2)11-6-4-10(8-13)5-7-11/h4-7,9H,1-3H3. The number of carbonyl (C=O) groups excluding carboxylic acids is 1. The van der Waals surface area contributed by atoms with Gasteiger partial charge in [0.15, 0.2) is 0 Å². The number of likely N-dealkylation sites (N-methyl/N-ethyl adjacent to an activating group) is 1. The van der Waals surface area contributed by atoms with Gasteiger partial charge in [0, 0.05) is 12.7 Å². The topological polar surface area (TPSA) is 53.3 Å². The van der Waals surface area contributed by atoms with E-state index < -0.39 is 0 Å². The maximum atomic E-state index is 11.3. The summed E-state index contributed by atoms with van der Waals surface area (Å²) in [6.07, 6.45) is 0. The molecule has 4 nitrogen and oxygen atoms in total. The molecule has 0 radical (unpaired) electrons. The van der Waals surface area contributed by atoms with Gasteiger partial charge in [-0.2, -0.15) is 5.26 Å². The summed E-state index contributed by atoms with van der Waals surface area (Å²) >= 11 is 0. The Balaban J connectivity index is 2.84. The third kappa shape index (κ3) is 2.51. The summed E-state index contributed by atoms with van der Waals surface area (Å²) < 4.78 is 4.67. The van der Waals surface area contributed by atoms with E-state index in [1.165, 1.54) is 7.11 Å². The zero-order valence-electron chi connectivity index (χ0n) is 9.60. The second-order valence-electron chi connectivity index (χ2n) is 3.47. The number of nitrogens with zero attached hydrogens (tertiary/aromatic N) is 2. The average molecular weight is 218 g/mol.